The highest BCUT2D eigenvalue weighted by Gasteiger charge is 2.21. The van der Waals surface area contributed by atoms with E-state index in [0.29, 0.717) is 22.3 Å². The first-order chi connectivity index (χ1) is 11.0. The van der Waals surface area contributed by atoms with Crippen LogP contribution < -0.4 is 0 Å². The summed E-state index contributed by atoms with van der Waals surface area (Å²) in [4.78, 5) is 0. The van der Waals surface area contributed by atoms with Crippen LogP contribution in [0.2, 0.25) is 0 Å². The molecular formula is C17H18. The van der Waals surface area contributed by atoms with Crippen molar-refractivity contribution in [2.75, 3.05) is 0 Å². The number of fused-ring (bicyclic) bond motifs is 3. The Balaban J connectivity index is 2.46. The second-order valence-electron chi connectivity index (χ2n) is 5.38. The Morgan fingerprint density at radius 2 is 1.65 bits per heavy atom. The normalized spacial score (nSPS) is 19.1. The lowest BCUT2D eigenvalue weighted by Crippen LogP contribution is -2.11. The van der Waals surface area contributed by atoms with Crippen LogP contribution in [0.1, 0.15) is 47.1 Å². The van der Waals surface area contributed by atoms with E-state index in [1.54, 1.807) is 0 Å². The molecule has 0 bridgehead atoms. The van der Waals surface area contributed by atoms with Gasteiger partial charge in [-0.25, -0.2) is 0 Å². The zero-order chi connectivity index (χ0) is 18.1. The van der Waals surface area contributed by atoms with E-state index in [1.165, 1.54) is 0 Å². The molecule has 0 spiro atoms. The second-order valence-corrected chi connectivity index (χ2v) is 5.38. The molecule has 0 radical (unpaired) electrons. The van der Waals surface area contributed by atoms with Crippen molar-refractivity contribution in [1.82, 2.24) is 0 Å². The number of hydrogen-bond acceptors (Lipinski definition) is 0. The maximum absolute atomic E-state index is 8.53. The summed E-state index contributed by atoms with van der Waals surface area (Å²) >= 11 is 0. The monoisotopic (exact) mass is 229 g/mol. The Kier molecular flexibility index (Phi) is 1.10. The van der Waals surface area contributed by atoms with Gasteiger partial charge in [0, 0.05) is 0 Å². The quantitative estimate of drug-likeness (QED) is 0.530. The summed E-state index contributed by atoms with van der Waals surface area (Å²) in [7, 11) is 0. The first kappa shape index (κ1) is 5.39. The summed E-state index contributed by atoms with van der Waals surface area (Å²) in [6.07, 6.45) is 0.204. The molecule has 86 valence electrons. The highest BCUT2D eigenvalue weighted by Crippen LogP contribution is 2.38. The molecule has 0 atom stereocenters. The summed E-state index contributed by atoms with van der Waals surface area (Å²) in [6, 6.07) is -0.881. The molecule has 0 amide bonds. The van der Waals surface area contributed by atoms with Gasteiger partial charge < -0.3 is 0 Å². The molecule has 1 aliphatic rings. The van der Waals surface area contributed by atoms with Crippen LogP contribution in [0, 0.1) is 0 Å². The maximum atomic E-state index is 8.53. The van der Waals surface area contributed by atoms with Gasteiger partial charge in [-0.3, -0.25) is 0 Å². The summed E-state index contributed by atoms with van der Waals surface area (Å²) in [5.74, 6) is 0. The predicted molar refractivity (Wildman–Crippen MR) is 73.4 cm³/mol. The molecule has 0 saturated carbocycles. The number of rotatable bonds is 0. The number of hydrogen-bond donors (Lipinski definition) is 0. The fourth-order valence-electron chi connectivity index (χ4n) is 2.03. The van der Waals surface area contributed by atoms with Crippen LogP contribution in [0.15, 0.2) is 42.3 Å². The molecule has 3 rings (SSSR count). The van der Waals surface area contributed by atoms with Crippen molar-refractivity contribution < 1.29 is 9.60 Å². The third-order valence-corrected chi connectivity index (χ3v) is 3.01. The smallest absolute Gasteiger partial charge is 0.0619 e. The summed E-state index contributed by atoms with van der Waals surface area (Å²) in [5, 5.41) is 0. The van der Waals surface area contributed by atoms with Crippen molar-refractivity contribution in [3.8, 4) is 11.1 Å². The van der Waals surface area contributed by atoms with Gasteiger partial charge in [0.05, 0.1) is 9.60 Å². The van der Waals surface area contributed by atoms with Crippen LogP contribution in [0.25, 0.3) is 11.1 Å². The van der Waals surface area contributed by atoms with Gasteiger partial charge in [0.25, 0.3) is 0 Å². The lowest BCUT2D eigenvalue weighted by Gasteiger charge is -2.20. The Morgan fingerprint density at radius 3 is 2.41 bits per heavy atom. The van der Waals surface area contributed by atoms with E-state index >= 15 is 0 Å². The molecule has 2 aromatic rings. The first-order valence-corrected chi connectivity index (χ1v) is 5.71. The summed E-state index contributed by atoms with van der Waals surface area (Å²) in [5.41, 5.74) is 1.56. The Bertz CT molecular complexity index is 892. The molecule has 2 aromatic carbocycles. The van der Waals surface area contributed by atoms with Gasteiger partial charge >= 0.3 is 0 Å². The third-order valence-electron chi connectivity index (χ3n) is 3.01. The Morgan fingerprint density at radius 1 is 0.941 bits per heavy atom. The average Bonchev–Trinajstić information content (AvgIpc) is 2.88. The van der Waals surface area contributed by atoms with Gasteiger partial charge in [-0.2, -0.15) is 0 Å². The molecule has 17 heavy (non-hydrogen) atoms. The van der Waals surface area contributed by atoms with Gasteiger partial charge in [0.2, 0.25) is 0 Å². The fraction of sp³-hybridized carbons (Fsp3) is 0.294. The van der Waals surface area contributed by atoms with Gasteiger partial charge in [0.15, 0.2) is 0 Å². The minimum Gasteiger partial charge on any atom is -0.0619 e. The van der Waals surface area contributed by atoms with E-state index in [-0.39, 0.29) is 54.3 Å². The lowest BCUT2D eigenvalue weighted by molar-refractivity contribution is 0.590. The van der Waals surface area contributed by atoms with Crippen LogP contribution in [-0.4, -0.2) is 0 Å². The largest absolute Gasteiger partial charge is 0.0629 e. The molecule has 0 unspecified atom stereocenters. The third kappa shape index (κ3) is 1.68. The molecule has 1 aliphatic carbocycles. The van der Waals surface area contributed by atoms with Crippen LogP contribution >= 0.6 is 0 Å². The fourth-order valence-corrected chi connectivity index (χ4v) is 2.03. The lowest BCUT2D eigenvalue weighted by atomic mass is 9.85. The van der Waals surface area contributed by atoms with Crippen molar-refractivity contribution in [2.45, 2.75) is 32.6 Å². The van der Waals surface area contributed by atoms with E-state index in [4.69, 9.17) is 9.60 Å². The second kappa shape index (κ2) is 3.46. The van der Waals surface area contributed by atoms with Gasteiger partial charge in [0.1, 0.15) is 0 Å². The first-order valence-electron chi connectivity index (χ1n) is 9.21. The maximum Gasteiger partial charge on any atom is 0.0629 e. The standard InChI is InChI=1S/C17H18/c1-17(2,3)14-8-9-16-13(11-14)10-12-6-4-5-7-15(12)16/h4-9,11H,10H2,1-3H3/i4D,5D,6D,7D,8D,9D,11D. The van der Waals surface area contributed by atoms with Crippen molar-refractivity contribution in [3.05, 3.63) is 59.0 Å². The van der Waals surface area contributed by atoms with E-state index in [0.717, 1.165) is 0 Å². The highest BCUT2D eigenvalue weighted by atomic mass is 14.2. The zero-order valence-electron chi connectivity index (χ0n) is 17.2. The van der Waals surface area contributed by atoms with E-state index in [1.807, 2.05) is 20.8 Å². The zero-order valence-corrected chi connectivity index (χ0v) is 10.2. The Labute approximate surface area is 113 Å². The van der Waals surface area contributed by atoms with Gasteiger partial charge in [-0.05, 0) is 39.7 Å². The summed E-state index contributed by atoms with van der Waals surface area (Å²) < 4.78 is 57.2. The van der Waals surface area contributed by atoms with Crippen LogP contribution in [0.4, 0.5) is 0 Å². The Hall–Kier alpha value is -1.56. The van der Waals surface area contributed by atoms with Crippen molar-refractivity contribution in [2.24, 2.45) is 0 Å². The van der Waals surface area contributed by atoms with Crippen LogP contribution in [0.3, 0.4) is 0 Å². The molecule has 0 N–H and O–H groups in total. The van der Waals surface area contributed by atoms with Gasteiger partial charge in [-0.15, -0.1) is 0 Å². The molecule has 0 aromatic heterocycles. The van der Waals surface area contributed by atoms with Crippen LogP contribution in [-0.2, 0) is 11.8 Å². The topological polar surface area (TPSA) is 0 Å². The minimum absolute atomic E-state index is 0.0356. The molecule has 0 aliphatic heterocycles. The van der Waals surface area contributed by atoms with Crippen molar-refractivity contribution >= 4 is 0 Å². The highest BCUT2D eigenvalue weighted by molar-refractivity contribution is 5.77. The predicted octanol–water partition coefficient (Wildman–Crippen LogP) is 4.56. The van der Waals surface area contributed by atoms with Crippen molar-refractivity contribution in [1.29, 1.82) is 0 Å². The molecule has 0 fully saturated rings. The van der Waals surface area contributed by atoms with E-state index in [2.05, 4.69) is 0 Å². The minimum atomic E-state index is -0.470. The molecule has 0 saturated heterocycles. The summed E-state index contributed by atoms with van der Waals surface area (Å²) in [6.45, 7) is 5.67. The molecule has 0 heteroatoms. The van der Waals surface area contributed by atoms with E-state index < -0.39 is 5.41 Å². The van der Waals surface area contributed by atoms with Gasteiger partial charge in [-0.1, -0.05) is 63.1 Å². The molecule has 0 nitrogen and oxygen atoms in total. The van der Waals surface area contributed by atoms with E-state index in [9.17, 15) is 0 Å². The molecule has 0 heterocycles. The number of benzene rings is 2. The SMILES string of the molecule is [2H]c1c([2H])c([2H])c2c(c1[2H])Cc1c([2H])c(C(C)(C)C)c([2H])c([2H])c1-2. The van der Waals surface area contributed by atoms with Crippen molar-refractivity contribution in [3.63, 3.8) is 0 Å². The molecular weight excluding hydrogens is 204 g/mol. The average molecular weight is 229 g/mol. The van der Waals surface area contributed by atoms with Crippen LogP contribution in [0.5, 0.6) is 0 Å².